The highest BCUT2D eigenvalue weighted by atomic mass is 14.1. The summed E-state index contributed by atoms with van der Waals surface area (Å²) in [5, 5.41) is 0. The van der Waals surface area contributed by atoms with E-state index in [0.717, 1.165) is 5.92 Å². The normalized spacial score (nSPS) is 13.0. The lowest BCUT2D eigenvalue weighted by Gasteiger charge is -2.15. The van der Waals surface area contributed by atoms with E-state index >= 15 is 0 Å². The van der Waals surface area contributed by atoms with Gasteiger partial charge in [-0.15, -0.1) is 0 Å². The maximum atomic E-state index is 2.32. The first-order chi connectivity index (χ1) is 8.17. The van der Waals surface area contributed by atoms with Crippen LogP contribution in [0, 0.1) is 5.92 Å². The molecule has 0 nitrogen and oxygen atoms in total. The van der Waals surface area contributed by atoms with Crippen LogP contribution >= 0.6 is 0 Å². The van der Waals surface area contributed by atoms with Crippen LogP contribution in [-0.2, 0) is 6.42 Å². The van der Waals surface area contributed by atoms with Crippen LogP contribution in [0.4, 0.5) is 0 Å². The van der Waals surface area contributed by atoms with Crippen molar-refractivity contribution >= 4 is 0 Å². The van der Waals surface area contributed by atoms with Crippen LogP contribution in [0.2, 0.25) is 0 Å². The predicted octanol–water partition coefficient (Wildman–Crippen LogP) is 5.57. The van der Waals surface area contributed by atoms with E-state index < -0.39 is 0 Å². The third-order valence-electron chi connectivity index (χ3n) is 3.71. The number of benzene rings is 1. The Kier molecular flexibility index (Phi) is 6.32. The molecule has 1 atom stereocenters. The standard InChI is InChI=1S/C17H28/c1-5-7-8-15(6-2)13-16-9-11-17(12-10-16)14(3)4/h9-12,14-15H,5-8,13H2,1-4H3. The van der Waals surface area contributed by atoms with Crippen molar-refractivity contribution in [2.45, 2.75) is 65.7 Å². The SMILES string of the molecule is CCCCC(CC)Cc1ccc(C(C)C)cc1. The minimum absolute atomic E-state index is 0.645. The number of rotatable bonds is 7. The van der Waals surface area contributed by atoms with Crippen molar-refractivity contribution in [3.8, 4) is 0 Å². The molecule has 0 aliphatic carbocycles. The Labute approximate surface area is 107 Å². The first-order valence-electron chi connectivity index (χ1n) is 7.26. The molecular weight excluding hydrogens is 204 g/mol. The van der Waals surface area contributed by atoms with E-state index in [1.165, 1.54) is 43.2 Å². The fourth-order valence-electron chi connectivity index (χ4n) is 2.32. The Morgan fingerprint density at radius 1 is 1.00 bits per heavy atom. The Hall–Kier alpha value is -0.780. The molecule has 17 heavy (non-hydrogen) atoms. The topological polar surface area (TPSA) is 0 Å². The molecule has 0 aliphatic heterocycles. The Morgan fingerprint density at radius 2 is 1.65 bits per heavy atom. The van der Waals surface area contributed by atoms with Gasteiger partial charge in [0.15, 0.2) is 0 Å². The van der Waals surface area contributed by atoms with E-state index in [1.807, 2.05) is 0 Å². The molecule has 96 valence electrons. The zero-order chi connectivity index (χ0) is 12.7. The van der Waals surface area contributed by atoms with Gasteiger partial charge in [0.2, 0.25) is 0 Å². The average Bonchev–Trinajstić information content (AvgIpc) is 2.35. The van der Waals surface area contributed by atoms with Crippen LogP contribution in [0.25, 0.3) is 0 Å². The van der Waals surface area contributed by atoms with Crippen LogP contribution in [0.5, 0.6) is 0 Å². The number of hydrogen-bond acceptors (Lipinski definition) is 0. The predicted molar refractivity (Wildman–Crippen MR) is 77.5 cm³/mol. The molecule has 0 saturated carbocycles. The summed E-state index contributed by atoms with van der Waals surface area (Å²) in [6, 6.07) is 9.24. The fourth-order valence-corrected chi connectivity index (χ4v) is 2.32. The molecule has 1 aromatic rings. The molecule has 1 rings (SSSR count). The quantitative estimate of drug-likeness (QED) is 0.576. The zero-order valence-corrected chi connectivity index (χ0v) is 12.0. The maximum absolute atomic E-state index is 2.32. The van der Waals surface area contributed by atoms with E-state index in [2.05, 4.69) is 52.0 Å². The van der Waals surface area contributed by atoms with Crippen molar-refractivity contribution in [3.63, 3.8) is 0 Å². The van der Waals surface area contributed by atoms with Gasteiger partial charge in [0.25, 0.3) is 0 Å². The van der Waals surface area contributed by atoms with Gasteiger partial charge >= 0.3 is 0 Å². The molecule has 1 aromatic carbocycles. The van der Waals surface area contributed by atoms with Crippen LogP contribution in [0.3, 0.4) is 0 Å². The first kappa shape index (κ1) is 14.3. The molecule has 0 radical (unpaired) electrons. The number of unbranched alkanes of at least 4 members (excludes halogenated alkanes) is 1. The van der Waals surface area contributed by atoms with Crippen LogP contribution < -0.4 is 0 Å². The molecule has 0 aromatic heterocycles. The highest BCUT2D eigenvalue weighted by Crippen LogP contribution is 2.20. The van der Waals surface area contributed by atoms with Crippen molar-refractivity contribution in [3.05, 3.63) is 35.4 Å². The van der Waals surface area contributed by atoms with Crippen molar-refractivity contribution in [1.82, 2.24) is 0 Å². The minimum Gasteiger partial charge on any atom is -0.0654 e. The van der Waals surface area contributed by atoms with Gasteiger partial charge in [-0.25, -0.2) is 0 Å². The van der Waals surface area contributed by atoms with Gasteiger partial charge in [-0.3, -0.25) is 0 Å². The molecular formula is C17H28. The highest BCUT2D eigenvalue weighted by molar-refractivity contribution is 5.24. The largest absolute Gasteiger partial charge is 0.0654 e. The highest BCUT2D eigenvalue weighted by Gasteiger charge is 2.07. The maximum Gasteiger partial charge on any atom is -0.0219 e. The second-order valence-electron chi connectivity index (χ2n) is 5.52. The molecule has 1 unspecified atom stereocenters. The van der Waals surface area contributed by atoms with E-state index in [0.29, 0.717) is 5.92 Å². The van der Waals surface area contributed by atoms with Crippen LogP contribution in [0.15, 0.2) is 24.3 Å². The lowest BCUT2D eigenvalue weighted by molar-refractivity contribution is 0.449. The molecule has 0 heteroatoms. The molecule has 0 spiro atoms. The lowest BCUT2D eigenvalue weighted by Crippen LogP contribution is -2.03. The lowest BCUT2D eigenvalue weighted by atomic mass is 9.91. The van der Waals surface area contributed by atoms with Gasteiger partial charge in [0.05, 0.1) is 0 Å². The molecule has 0 fully saturated rings. The van der Waals surface area contributed by atoms with E-state index in [9.17, 15) is 0 Å². The summed E-state index contributed by atoms with van der Waals surface area (Å²) in [5.41, 5.74) is 2.97. The molecule has 0 N–H and O–H groups in total. The number of hydrogen-bond donors (Lipinski definition) is 0. The summed E-state index contributed by atoms with van der Waals surface area (Å²) in [7, 11) is 0. The van der Waals surface area contributed by atoms with Gasteiger partial charge in [0.1, 0.15) is 0 Å². The summed E-state index contributed by atoms with van der Waals surface area (Å²) < 4.78 is 0. The van der Waals surface area contributed by atoms with Crippen molar-refractivity contribution in [2.75, 3.05) is 0 Å². The Balaban J connectivity index is 2.54. The van der Waals surface area contributed by atoms with Gasteiger partial charge in [-0.1, -0.05) is 77.6 Å². The molecule has 0 amide bonds. The van der Waals surface area contributed by atoms with Crippen molar-refractivity contribution in [2.24, 2.45) is 5.92 Å². The molecule has 0 bridgehead atoms. The third kappa shape index (κ3) is 4.93. The van der Waals surface area contributed by atoms with Gasteiger partial charge in [-0.2, -0.15) is 0 Å². The smallest absolute Gasteiger partial charge is 0.0219 e. The Morgan fingerprint density at radius 3 is 2.12 bits per heavy atom. The summed E-state index contributed by atoms with van der Waals surface area (Å²) >= 11 is 0. The van der Waals surface area contributed by atoms with E-state index in [-0.39, 0.29) is 0 Å². The summed E-state index contributed by atoms with van der Waals surface area (Å²) in [6.45, 7) is 9.11. The van der Waals surface area contributed by atoms with E-state index in [1.54, 1.807) is 0 Å². The zero-order valence-electron chi connectivity index (χ0n) is 12.0. The fraction of sp³-hybridized carbons (Fsp3) is 0.647. The monoisotopic (exact) mass is 232 g/mol. The second kappa shape index (κ2) is 7.53. The Bertz CT molecular complexity index is 294. The first-order valence-corrected chi connectivity index (χ1v) is 7.26. The van der Waals surface area contributed by atoms with Crippen molar-refractivity contribution in [1.29, 1.82) is 0 Å². The van der Waals surface area contributed by atoms with Crippen molar-refractivity contribution < 1.29 is 0 Å². The summed E-state index contributed by atoms with van der Waals surface area (Å²) in [5.74, 6) is 1.52. The second-order valence-corrected chi connectivity index (χ2v) is 5.52. The summed E-state index contributed by atoms with van der Waals surface area (Å²) in [4.78, 5) is 0. The minimum atomic E-state index is 0.645. The average molecular weight is 232 g/mol. The van der Waals surface area contributed by atoms with Crippen LogP contribution in [0.1, 0.15) is 70.4 Å². The summed E-state index contributed by atoms with van der Waals surface area (Å²) in [6.07, 6.45) is 6.66. The van der Waals surface area contributed by atoms with Gasteiger partial charge in [-0.05, 0) is 29.4 Å². The van der Waals surface area contributed by atoms with E-state index in [4.69, 9.17) is 0 Å². The molecule has 0 aliphatic rings. The molecule has 0 heterocycles. The third-order valence-corrected chi connectivity index (χ3v) is 3.71. The molecule has 0 saturated heterocycles. The van der Waals surface area contributed by atoms with Gasteiger partial charge in [0, 0.05) is 0 Å². The van der Waals surface area contributed by atoms with Crippen LogP contribution in [-0.4, -0.2) is 0 Å². The van der Waals surface area contributed by atoms with Gasteiger partial charge < -0.3 is 0 Å².